The van der Waals surface area contributed by atoms with E-state index in [1.54, 1.807) is 6.20 Å². The minimum atomic E-state index is -0.493. The molecule has 0 aliphatic heterocycles. The molecule has 0 amide bonds. The summed E-state index contributed by atoms with van der Waals surface area (Å²) in [4.78, 5) is 4.40. The van der Waals surface area contributed by atoms with Crippen molar-refractivity contribution in [3.05, 3.63) is 77.8 Å². The summed E-state index contributed by atoms with van der Waals surface area (Å²) in [6.07, 6.45) is 2.07. The molecule has 122 valence electrons. The van der Waals surface area contributed by atoms with Gasteiger partial charge in [-0.2, -0.15) is 0 Å². The van der Waals surface area contributed by atoms with Crippen molar-refractivity contribution < 1.29 is 9.52 Å². The van der Waals surface area contributed by atoms with Crippen LogP contribution in [0.5, 0.6) is 0 Å². The Balaban J connectivity index is 1.48. The van der Waals surface area contributed by atoms with Crippen LogP contribution in [0.1, 0.15) is 36.1 Å². The Morgan fingerprint density at radius 3 is 2.67 bits per heavy atom. The number of aliphatic hydroxyl groups is 1. The van der Waals surface area contributed by atoms with Gasteiger partial charge in [0, 0.05) is 11.6 Å². The normalized spacial score (nSPS) is 20.8. The number of rotatable bonds is 4. The van der Waals surface area contributed by atoms with Crippen LogP contribution in [-0.4, -0.2) is 16.1 Å². The second-order valence-electron chi connectivity index (χ2n) is 6.27. The van der Waals surface area contributed by atoms with Crippen LogP contribution in [0.2, 0.25) is 0 Å². The molecule has 3 atom stereocenters. The van der Waals surface area contributed by atoms with Gasteiger partial charge in [-0.15, -0.1) is 0 Å². The number of fused-ring (bicyclic) bond motifs is 1. The van der Waals surface area contributed by atoms with Gasteiger partial charge in [0.25, 0.3) is 0 Å². The first-order chi connectivity index (χ1) is 11.7. The smallest absolute Gasteiger partial charge is 0.211 e. The lowest BCUT2D eigenvalue weighted by atomic mass is 10.1. The highest BCUT2D eigenvalue weighted by Gasteiger charge is 2.32. The predicted octanol–water partition coefficient (Wildman–Crippen LogP) is 3.65. The lowest BCUT2D eigenvalue weighted by Gasteiger charge is -2.20. The van der Waals surface area contributed by atoms with Gasteiger partial charge in [-0.1, -0.05) is 54.6 Å². The number of hydrogen-bond donors (Lipinski definition) is 2. The molecule has 4 heteroatoms. The van der Waals surface area contributed by atoms with Crippen molar-refractivity contribution in [3.8, 4) is 11.3 Å². The summed E-state index contributed by atoms with van der Waals surface area (Å²) < 4.78 is 5.90. The fourth-order valence-electron chi connectivity index (χ4n) is 3.34. The third-order valence-electron chi connectivity index (χ3n) is 4.61. The number of benzene rings is 2. The molecule has 0 spiro atoms. The van der Waals surface area contributed by atoms with Crippen molar-refractivity contribution in [3.63, 3.8) is 0 Å². The zero-order chi connectivity index (χ0) is 16.5. The van der Waals surface area contributed by atoms with Gasteiger partial charge in [-0.05, 0) is 24.5 Å². The van der Waals surface area contributed by atoms with E-state index < -0.39 is 6.10 Å². The van der Waals surface area contributed by atoms with Gasteiger partial charge in [-0.25, -0.2) is 4.98 Å². The van der Waals surface area contributed by atoms with Crippen LogP contribution >= 0.6 is 0 Å². The number of aliphatic hydroxyl groups excluding tert-OH is 1. The van der Waals surface area contributed by atoms with Gasteiger partial charge in [0.1, 0.15) is 0 Å². The highest BCUT2D eigenvalue weighted by Crippen LogP contribution is 2.32. The number of nitrogens with zero attached hydrogens (tertiary/aromatic N) is 1. The lowest BCUT2D eigenvalue weighted by Crippen LogP contribution is -2.35. The first-order valence-corrected chi connectivity index (χ1v) is 8.25. The molecule has 0 saturated carbocycles. The molecule has 4 rings (SSSR count). The summed E-state index contributed by atoms with van der Waals surface area (Å²) in [7, 11) is 0. The molecule has 1 heterocycles. The number of oxazole rings is 1. The Kier molecular flexibility index (Phi) is 3.92. The second-order valence-corrected chi connectivity index (χ2v) is 6.27. The monoisotopic (exact) mass is 320 g/mol. The Hall–Kier alpha value is -2.43. The average molecular weight is 320 g/mol. The molecular formula is C20H20N2O2. The molecule has 3 aromatic rings. The molecule has 1 aliphatic rings. The van der Waals surface area contributed by atoms with E-state index in [9.17, 15) is 5.11 Å². The van der Waals surface area contributed by atoms with Crippen molar-refractivity contribution in [2.75, 3.05) is 0 Å². The molecule has 1 aliphatic carbocycles. The van der Waals surface area contributed by atoms with Crippen LogP contribution in [-0.2, 0) is 6.42 Å². The first-order valence-electron chi connectivity index (χ1n) is 8.25. The van der Waals surface area contributed by atoms with E-state index in [1.165, 1.54) is 5.56 Å². The Bertz CT molecular complexity index is 828. The second kappa shape index (κ2) is 6.23. The van der Waals surface area contributed by atoms with E-state index in [0.29, 0.717) is 5.89 Å². The third kappa shape index (κ3) is 2.75. The van der Waals surface area contributed by atoms with Crippen LogP contribution in [0, 0.1) is 0 Å². The summed E-state index contributed by atoms with van der Waals surface area (Å²) in [5.74, 6) is 1.39. The lowest BCUT2D eigenvalue weighted by molar-refractivity contribution is 0.133. The van der Waals surface area contributed by atoms with E-state index in [-0.39, 0.29) is 12.1 Å². The minimum absolute atomic E-state index is 0.0236. The summed E-state index contributed by atoms with van der Waals surface area (Å²) >= 11 is 0. The molecule has 1 aromatic heterocycles. The maximum Gasteiger partial charge on any atom is 0.211 e. The molecule has 4 nitrogen and oxygen atoms in total. The van der Waals surface area contributed by atoms with Gasteiger partial charge in [0.2, 0.25) is 5.89 Å². The number of aromatic nitrogens is 1. The van der Waals surface area contributed by atoms with Crippen LogP contribution < -0.4 is 5.32 Å². The van der Waals surface area contributed by atoms with Crippen molar-refractivity contribution in [2.24, 2.45) is 0 Å². The molecular weight excluding hydrogens is 300 g/mol. The van der Waals surface area contributed by atoms with Crippen LogP contribution in [0.25, 0.3) is 11.3 Å². The zero-order valence-corrected chi connectivity index (χ0v) is 13.5. The summed E-state index contributed by atoms with van der Waals surface area (Å²) in [5.41, 5.74) is 3.23. The standard InChI is InChI=1S/C20H20N2O2/c1-13(20-21-12-18(24-20)14-7-3-2-4-8-14)22-17-11-15-9-5-6-10-16(15)19(17)23/h2-10,12-13,17,19,22-23H,11H2,1H3. The number of nitrogens with one attached hydrogen (secondary N) is 1. The number of hydrogen-bond acceptors (Lipinski definition) is 4. The van der Waals surface area contributed by atoms with Crippen molar-refractivity contribution in [1.82, 2.24) is 10.3 Å². The van der Waals surface area contributed by atoms with E-state index in [2.05, 4.69) is 16.4 Å². The summed E-state index contributed by atoms with van der Waals surface area (Å²) in [6, 6.07) is 17.9. The molecule has 2 N–H and O–H groups in total. The highest BCUT2D eigenvalue weighted by atomic mass is 16.4. The Morgan fingerprint density at radius 2 is 1.88 bits per heavy atom. The summed E-state index contributed by atoms with van der Waals surface area (Å²) in [5, 5.41) is 14.0. The molecule has 0 bridgehead atoms. The van der Waals surface area contributed by atoms with E-state index in [1.807, 2.05) is 55.5 Å². The van der Waals surface area contributed by atoms with Gasteiger partial charge in [0.15, 0.2) is 5.76 Å². The maximum atomic E-state index is 10.5. The van der Waals surface area contributed by atoms with Gasteiger partial charge in [-0.3, -0.25) is 0 Å². The van der Waals surface area contributed by atoms with Gasteiger partial charge < -0.3 is 14.8 Å². The summed E-state index contributed by atoms with van der Waals surface area (Å²) in [6.45, 7) is 2.01. The topological polar surface area (TPSA) is 58.3 Å². The Morgan fingerprint density at radius 1 is 1.12 bits per heavy atom. The minimum Gasteiger partial charge on any atom is -0.439 e. The van der Waals surface area contributed by atoms with Crippen LogP contribution in [0.4, 0.5) is 0 Å². The van der Waals surface area contributed by atoms with Crippen molar-refractivity contribution in [1.29, 1.82) is 0 Å². The molecule has 2 aromatic carbocycles. The highest BCUT2D eigenvalue weighted by molar-refractivity contribution is 5.55. The fraction of sp³-hybridized carbons (Fsp3) is 0.250. The zero-order valence-electron chi connectivity index (χ0n) is 13.5. The van der Waals surface area contributed by atoms with Gasteiger partial charge >= 0.3 is 0 Å². The molecule has 0 fully saturated rings. The average Bonchev–Trinajstić information content (AvgIpc) is 3.22. The predicted molar refractivity (Wildman–Crippen MR) is 92.4 cm³/mol. The molecule has 0 radical (unpaired) electrons. The fourth-order valence-corrected chi connectivity index (χ4v) is 3.34. The van der Waals surface area contributed by atoms with E-state index in [4.69, 9.17) is 4.42 Å². The molecule has 0 saturated heterocycles. The van der Waals surface area contributed by atoms with Crippen LogP contribution in [0.3, 0.4) is 0 Å². The van der Waals surface area contributed by atoms with Gasteiger partial charge in [0.05, 0.1) is 18.3 Å². The first kappa shape index (κ1) is 15.1. The molecule has 3 unspecified atom stereocenters. The molecule has 24 heavy (non-hydrogen) atoms. The largest absolute Gasteiger partial charge is 0.439 e. The maximum absolute atomic E-state index is 10.5. The quantitative estimate of drug-likeness (QED) is 0.770. The Labute approximate surface area is 141 Å². The van der Waals surface area contributed by atoms with E-state index >= 15 is 0 Å². The van der Waals surface area contributed by atoms with Crippen LogP contribution in [0.15, 0.2) is 65.2 Å². The third-order valence-corrected chi connectivity index (χ3v) is 4.61. The van der Waals surface area contributed by atoms with E-state index in [0.717, 1.165) is 23.3 Å². The van der Waals surface area contributed by atoms with Crippen molar-refractivity contribution >= 4 is 0 Å². The van der Waals surface area contributed by atoms with Crippen molar-refractivity contribution in [2.45, 2.75) is 31.5 Å². The SMILES string of the molecule is CC(NC1Cc2ccccc2C1O)c1ncc(-c2ccccc2)o1.